The van der Waals surface area contributed by atoms with Gasteiger partial charge in [-0.05, 0) is 23.8 Å². The number of aromatic nitrogens is 1. The van der Waals surface area contributed by atoms with E-state index in [4.69, 9.17) is 4.42 Å². The first-order chi connectivity index (χ1) is 13.4. The highest BCUT2D eigenvalue weighted by atomic mass is 32.1. The molecule has 2 aromatic heterocycles. The number of carbonyl (C=O) groups is 1. The molecule has 1 amide bonds. The van der Waals surface area contributed by atoms with Crippen molar-refractivity contribution in [3.05, 3.63) is 70.1 Å². The minimum atomic E-state index is -4.34. The molecule has 1 aromatic carbocycles. The molecule has 3 aromatic rings. The standard InChI is InChI=1S/C19H16F3N3O2S/c20-19(21,22)13-4-1-3-12(9-13)10-25-7-6-14-16(11-25)28-18(23-14)24-17(26)15-5-2-8-27-15/h1-5,8-9H,6-7,10-11H2,(H,23,24,26). The Morgan fingerprint density at radius 1 is 1.29 bits per heavy atom. The maximum Gasteiger partial charge on any atom is 0.416 e. The number of furan rings is 1. The lowest BCUT2D eigenvalue weighted by atomic mass is 10.1. The molecular formula is C19H16F3N3O2S. The molecule has 5 nitrogen and oxygen atoms in total. The molecular weight excluding hydrogens is 391 g/mol. The van der Waals surface area contributed by atoms with Crippen LogP contribution >= 0.6 is 11.3 Å². The molecule has 4 rings (SSSR count). The van der Waals surface area contributed by atoms with Gasteiger partial charge < -0.3 is 4.42 Å². The molecule has 28 heavy (non-hydrogen) atoms. The van der Waals surface area contributed by atoms with Crippen molar-refractivity contribution in [2.75, 3.05) is 11.9 Å². The Hall–Kier alpha value is -2.65. The molecule has 0 radical (unpaired) electrons. The highest BCUT2D eigenvalue weighted by Gasteiger charge is 2.30. The molecule has 1 aliphatic rings. The van der Waals surface area contributed by atoms with Crippen molar-refractivity contribution in [3.8, 4) is 0 Å². The van der Waals surface area contributed by atoms with Crippen molar-refractivity contribution in [2.24, 2.45) is 0 Å². The number of benzene rings is 1. The van der Waals surface area contributed by atoms with Crippen LogP contribution in [0, 0.1) is 0 Å². The summed E-state index contributed by atoms with van der Waals surface area (Å²) in [5, 5.41) is 3.21. The first kappa shape index (κ1) is 18.7. The van der Waals surface area contributed by atoms with Crippen LogP contribution in [-0.4, -0.2) is 22.3 Å². The largest absolute Gasteiger partial charge is 0.459 e. The minimum absolute atomic E-state index is 0.208. The molecule has 0 unspecified atom stereocenters. The average molecular weight is 407 g/mol. The molecule has 0 spiro atoms. The Balaban J connectivity index is 1.42. The fourth-order valence-corrected chi connectivity index (χ4v) is 4.15. The molecule has 3 heterocycles. The van der Waals surface area contributed by atoms with Crippen LogP contribution in [0.3, 0.4) is 0 Å². The van der Waals surface area contributed by atoms with Crippen LogP contribution in [0.4, 0.5) is 18.3 Å². The lowest BCUT2D eigenvalue weighted by Crippen LogP contribution is -2.29. The number of fused-ring (bicyclic) bond motifs is 1. The second-order valence-corrected chi connectivity index (χ2v) is 7.56. The summed E-state index contributed by atoms with van der Waals surface area (Å²) < 4.78 is 43.7. The van der Waals surface area contributed by atoms with Crippen molar-refractivity contribution in [3.63, 3.8) is 0 Å². The summed E-state index contributed by atoms with van der Waals surface area (Å²) >= 11 is 1.38. The zero-order valence-corrected chi connectivity index (χ0v) is 15.4. The molecule has 1 aliphatic heterocycles. The van der Waals surface area contributed by atoms with Gasteiger partial charge in [0.2, 0.25) is 0 Å². The topological polar surface area (TPSA) is 58.4 Å². The number of thiazole rings is 1. The van der Waals surface area contributed by atoms with Crippen molar-refractivity contribution < 1.29 is 22.4 Å². The summed E-state index contributed by atoms with van der Waals surface area (Å²) in [7, 11) is 0. The van der Waals surface area contributed by atoms with Crippen LogP contribution in [0.25, 0.3) is 0 Å². The van der Waals surface area contributed by atoms with Gasteiger partial charge in [-0.3, -0.25) is 15.0 Å². The lowest BCUT2D eigenvalue weighted by Gasteiger charge is -2.26. The number of amides is 1. The SMILES string of the molecule is O=C(Nc1nc2c(s1)CN(Cc1cccc(C(F)(F)F)c1)CC2)c1ccco1. The zero-order chi connectivity index (χ0) is 19.7. The van der Waals surface area contributed by atoms with E-state index in [0.717, 1.165) is 16.6 Å². The van der Waals surface area contributed by atoms with Crippen LogP contribution < -0.4 is 5.32 Å². The number of rotatable bonds is 4. The Bertz CT molecular complexity index is 983. The van der Waals surface area contributed by atoms with Gasteiger partial charge in [0.25, 0.3) is 5.91 Å². The summed E-state index contributed by atoms with van der Waals surface area (Å²) in [4.78, 5) is 19.6. The Kier molecular flexibility index (Phi) is 4.94. The van der Waals surface area contributed by atoms with E-state index in [-0.39, 0.29) is 11.7 Å². The first-order valence-electron chi connectivity index (χ1n) is 8.60. The fraction of sp³-hybridized carbons (Fsp3) is 0.263. The number of carbonyl (C=O) groups excluding carboxylic acids is 1. The van der Waals surface area contributed by atoms with E-state index in [9.17, 15) is 18.0 Å². The lowest BCUT2D eigenvalue weighted by molar-refractivity contribution is -0.137. The number of alkyl halides is 3. The summed E-state index contributed by atoms with van der Waals surface area (Å²) in [5.74, 6) is -0.156. The van der Waals surface area contributed by atoms with Crippen molar-refractivity contribution in [1.29, 1.82) is 0 Å². The van der Waals surface area contributed by atoms with Gasteiger partial charge in [-0.2, -0.15) is 13.2 Å². The molecule has 146 valence electrons. The third-order valence-corrected chi connectivity index (χ3v) is 5.43. The van der Waals surface area contributed by atoms with Crippen LogP contribution in [0.1, 0.15) is 32.3 Å². The third kappa shape index (κ3) is 4.10. The number of hydrogen-bond acceptors (Lipinski definition) is 5. The second kappa shape index (κ2) is 7.40. The van der Waals surface area contributed by atoms with Gasteiger partial charge in [0.15, 0.2) is 10.9 Å². The number of nitrogens with one attached hydrogen (secondary N) is 1. The Morgan fingerprint density at radius 2 is 2.14 bits per heavy atom. The van der Waals surface area contributed by atoms with E-state index < -0.39 is 11.7 Å². The second-order valence-electron chi connectivity index (χ2n) is 6.48. The Morgan fingerprint density at radius 3 is 2.89 bits per heavy atom. The minimum Gasteiger partial charge on any atom is -0.459 e. The van der Waals surface area contributed by atoms with Gasteiger partial charge in [-0.25, -0.2) is 4.98 Å². The first-order valence-corrected chi connectivity index (χ1v) is 9.42. The monoisotopic (exact) mass is 407 g/mol. The van der Waals surface area contributed by atoms with Crippen LogP contribution in [-0.2, 0) is 25.7 Å². The summed E-state index contributed by atoms with van der Waals surface area (Å²) in [6.45, 7) is 1.70. The number of hydrogen-bond donors (Lipinski definition) is 1. The van der Waals surface area contributed by atoms with E-state index in [2.05, 4.69) is 15.2 Å². The van der Waals surface area contributed by atoms with E-state index in [1.807, 2.05) is 0 Å². The Labute approximate surface area is 162 Å². The van der Waals surface area contributed by atoms with Gasteiger partial charge in [0.1, 0.15) is 0 Å². The summed E-state index contributed by atoms with van der Waals surface area (Å²) in [5.41, 5.74) is 0.901. The van der Waals surface area contributed by atoms with Crippen molar-refractivity contribution in [1.82, 2.24) is 9.88 Å². The van der Waals surface area contributed by atoms with Gasteiger partial charge in [-0.15, -0.1) is 11.3 Å². The maximum absolute atomic E-state index is 12.9. The number of anilines is 1. The molecule has 1 N–H and O–H groups in total. The van der Waals surface area contributed by atoms with Gasteiger partial charge in [0, 0.05) is 30.9 Å². The number of halogens is 3. The maximum atomic E-state index is 12.9. The summed E-state index contributed by atoms with van der Waals surface area (Å²) in [6.07, 6.45) is -2.24. The van der Waals surface area contributed by atoms with E-state index in [1.54, 1.807) is 18.2 Å². The molecule has 0 bridgehead atoms. The quantitative estimate of drug-likeness (QED) is 0.689. The predicted molar refractivity (Wildman–Crippen MR) is 98.0 cm³/mol. The summed E-state index contributed by atoms with van der Waals surface area (Å²) in [6, 6.07) is 8.61. The highest BCUT2D eigenvalue weighted by Crippen LogP contribution is 2.31. The van der Waals surface area contributed by atoms with Gasteiger partial charge in [0.05, 0.1) is 17.5 Å². The molecule has 9 heteroatoms. The van der Waals surface area contributed by atoms with Gasteiger partial charge in [-0.1, -0.05) is 18.2 Å². The average Bonchev–Trinajstić information content (AvgIpc) is 3.30. The molecule has 0 fully saturated rings. The molecule has 0 saturated heterocycles. The van der Waals surface area contributed by atoms with Crippen LogP contribution in [0.2, 0.25) is 0 Å². The van der Waals surface area contributed by atoms with Crippen LogP contribution in [0.15, 0.2) is 47.1 Å². The zero-order valence-electron chi connectivity index (χ0n) is 14.6. The molecule has 0 aliphatic carbocycles. The van der Waals surface area contributed by atoms with Crippen molar-refractivity contribution in [2.45, 2.75) is 25.7 Å². The third-order valence-electron chi connectivity index (χ3n) is 4.44. The van der Waals surface area contributed by atoms with E-state index >= 15 is 0 Å². The molecule has 0 saturated carbocycles. The van der Waals surface area contributed by atoms with E-state index in [1.165, 1.54) is 29.7 Å². The highest BCUT2D eigenvalue weighted by molar-refractivity contribution is 7.15. The number of nitrogens with zero attached hydrogens (tertiary/aromatic N) is 2. The van der Waals surface area contributed by atoms with Crippen molar-refractivity contribution >= 4 is 22.4 Å². The predicted octanol–water partition coefficient (Wildman–Crippen LogP) is 4.57. The smallest absolute Gasteiger partial charge is 0.416 e. The van der Waals surface area contributed by atoms with E-state index in [0.29, 0.717) is 36.8 Å². The fourth-order valence-electron chi connectivity index (χ4n) is 3.11. The van der Waals surface area contributed by atoms with Gasteiger partial charge >= 0.3 is 6.18 Å². The normalized spacial score (nSPS) is 14.7. The molecule has 0 atom stereocenters. The van der Waals surface area contributed by atoms with Crippen LogP contribution in [0.5, 0.6) is 0 Å².